The first-order valence-corrected chi connectivity index (χ1v) is 17.8. The molecule has 2 aromatic carbocycles. The number of amides is 1. The molecule has 0 aliphatic carbocycles. The van der Waals surface area contributed by atoms with Crippen LogP contribution in [0, 0.1) is 11.8 Å². The van der Waals surface area contributed by atoms with Gasteiger partial charge in [0.25, 0.3) is 6.43 Å². The normalized spacial score (nSPS) is 17.9. The molecule has 1 aliphatic heterocycles. The number of thiophene rings is 1. The van der Waals surface area contributed by atoms with Crippen molar-refractivity contribution < 1.29 is 36.4 Å². The molecule has 3 unspecified atom stereocenters. The molecular formula is C32H38F4N3O4PS. The molecule has 244 valence electrons. The zero-order chi connectivity index (χ0) is 33.1. The van der Waals surface area contributed by atoms with Crippen LogP contribution in [0.5, 0.6) is 5.75 Å². The van der Waals surface area contributed by atoms with Crippen LogP contribution in [0.1, 0.15) is 43.8 Å². The van der Waals surface area contributed by atoms with Gasteiger partial charge in [-0.2, -0.15) is 0 Å². The highest BCUT2D eigenvalue weighted by Gasteiger charge is 2.34. The molecule has 1 aliphatic rings. The summed E-state index contributed by atoms with van der Waals surface area (Å²) in [7, 11) is -1.01. The number of alkyl halides is 4. The van der Waals surface area contributed by atoms with Crippen LogP contribution in [0.4, 0.5) is 33.7 Å². The molecular weight excluding hydrogens is 629 g/mol. The number of nitrogens with one attached hydrogen (secondary N) is 2. The molecule has 1 saturated heterocycles. The fourth-order valence-corrected chi connectivity index (χ4v) is 6.98. The number of hydrogen-bond donors (Lipinski definition) is 2. The SMILES string of the molecule is COc1cc(P(C)(C)=O)ccc1NCC#Cc1sc2c(NC3CCN(C(=O)OC(C)(C)C)CC3F)cccc2c1C(F)C(F)F. The van der Waals surface area contributed by atoms with Crippen LogP contribution in [0.25, 0.3) is 10.1 Å². The first kappa shape index (κ1) is 34.5. The largest absolute Gasteiger partial charge is 0.495 e. The molecule has 3 atom stereocenters. The molecule has 45 heavy (non-hydrogen) atoms. The topological polar surface area (TPSA) is 79.9 Å². The van der Waals surface area contributed by atoms with Crippen LogP contribution in [0.15, 0.2) is 36.4 Å². The summed E-state index contributed by atoms with van der Waals surface area (Å²) in [5.41, 5.74) is 0.157. The molecule has 0 bridgehead atoms. The second-order valence-electron chi connectivity index (χ2n) is 12.1. The third-order valence-corrected chi connectivity index (χ3v) is 9.85. The fraction of sp³-hybridized carbons (Fsp3) is 0.469. The Morgan fingerprint density at radius 3 is 2.53 bits per heavy atom. The van der Waals surface area contributed by atoms with Crippen LogP contribution in [-0.2, 0) is 9.30 Å². The van der Waals surface area contributed by atoms with Gasteiger partial charge in [0, 0.05) is 22.8 Å². The van der Waals surface area contributed by atoms with Crippen molar-refractivity contribution in [3.63, 3.8) is 0 Å². The fourth-order valence-electron chi connectivity index (χ4n) is 4.93. The second kappa shape index (κ2) is 13.9. The summed E-state index contributed by atoms with van der Waals surface area (Å²) in [5, 5.41) is 7.19. The van der Waals surface area contributed by atoms with Gasteiger partial charge in [-0.3, -0.25) is 0 Å². The summed E-state index contributed by atoms with van der Waals surface area (Å²) in [6.07, 6.45) is -7.55. The molecule has 0 saturated carbocycles. The predicted molar refractivity (Wildman–Crippen MR) is 174 cm³/mol. The number of carbonyl (C=O) groups is 1. The van der Waals surface area contributed by atoms with E-state index in [2.05, 4.69) is 22.5 Å². The maximum Gasteiger partial charge on any atom is 0.410 e. The number of halogens is 4. The zero-order valence-corrected chi connectivity index (χ0v) is 27.8. The lowest BCUT2D eigenvalue weighted by molar-refractivity contribution is 0.0125. The Balaban J connectivity index is 1.56. The molecule has 1 aromatic heterocycles. The number of rotatable bonds is 8. The van der Waals surface area contributed by atoms with Gasteiger partial charge in [0.1, 0.15) is 24.7 Å². The molecule has 13 heteroatoms. The maximum atomic E-state index is 15.3. The molecule has 7 nitrogen and oxygen atoms in total. The number of piperidine rings is 1. The first-order valence-electron chi connectivity index (χ1n) is 14.4. The molecule has 4 rings (SSSR count). The summed E-state index contributed by atoms with van der Waals surface area (Å²) in [4.78, 5) is 13.9. The predicted octanol–water partition coefficient (Wildman–Crippen LogP) is 7.66. The van der Waals surface area contributed by atoms with Crippen molar-refractivity contribution in [3.05, 3.63) is 46.8 Å². The number of methoxy groups -OCH3 is 1. The number of nitrogens with zero attached hydrogens (tertiary/aromatic N) is 1. The number of likely N-dealkylation sites (tertiary alicyclic amines) is 1. The number of carbonyl (C=O) groups excluding carboxylic acids is 1. The highest BCUT2D eigenvalue weighted by atomic mass is 32.1. The van der Waals surface area contributed by atoms with E-state index in [0.717, 1.165) is 11.3 Å². The maximum absolute atomic E-state index is 15.3. The van der Waals surface area contributed by atoms with E-state index in [-0.39, 0.29) is 41.9 Å². The van der Waals surface area contributed by atoms with Crippen LogP contribution < -0.4 is 20.7 Å². The van der Waals surface area contributed by atoms with E-state index in [1.165, 1.54) is 12.0 Å². The lowest BCUT2D eigenvalue weighted by Crippen LogP contribution is -2.51. The third-order valence-electron chi connectivity index (χ3n) is 7.16. The Labute approximate surface area is 265 Å². The smallest absolute Gasteiger partial charge is 0.410 e. The van der Waals surface area contributed by atoms with Crippen molar-refractivity contribution in [2.45, 2.75) is 57.6 Å². The molecule has 0 radical (unpaired) electrons. The van der Waals surface area contributed by atoms with Crippen molar-refractivity contribution >= 4 is 51.3 Å². The first-order chi connectivity index (χ1) is 21.1. The minimum absolute atomic E-state index is 0.0930. The van der Waals surface area contributed by atoms with Gasteiger partial charge >= 0.3 is 6.09 Å². The molecule has 1 fully saturated rings. The molecule has 1 amide bonds. The molecule has 2 N–H and O–H groups in total. The van der Waals surface area contributed by atoms with Crippen molar-refractivity contribution in [2.75, 3.05) is 50.7 Å². The monoisotopic (exact) mass is 667 g/mol. The van der Waals surface area contributed by atoms with E-state index in [0.29, 0.717) is 27.1 Å². The van der Waals surface area contributed by atoms with E-state index in [1.54, 1.807) is 70.5 Å². The van der Waals surface area contributed by atoms with Crippen molar-refractivity contribution in [1.82, 2.24) is 4.90 Å². The highest BCUT2D eigenvalue weighted by molar-refractivity contribution is 7.70. The third kappa shape index (κ3) is 8.44. The quantitative estimate of drug-likeness (QED) is 0.146. The summed E-state index contributed by atoms with van der Waals surface area (Å²) >= 11 is 1.06. The highest BCUT2D eigenvalue weighted by Crippen LogP contribution is 2.43. The number of ether oxygens (including phenoxy) is 2. The van der Waals surface area contributed by atoms with Gasteiger partial charge in [-0.1, -0.05) is 24.0 Å². The number of fused-ring (bicyclic) bond motifs is 1. The van der Waals surface area contributed by atoms with Gasteiger partial charge in [0.2, 0.25) is 0 Å². The van der Waals surface area contributed by atoms with Crippen LogP contribution in [-0.4, -0.2) is 75.3 Å². The Morgan fingerprint density at radius 2 is 1.91 bits per heavy atom. The second-order valence-corrected chi connectivity index (χ2v) is 16.4. The van der Waals surface area contributed by atoms with Crippen LogP contribution in [0.2, 0.25) is 0 Å². The molecule has 2 heterocycles. The van der Waals surface area contributed by atoms with Crippen molar-refractivity contribution in [3.8, 4) is 17.6 Å². The number of hydrogen-bond acceptors (Lipinski definition) is 7. The Bertz CT molecular complexity index is 1640. The summed E-state index contributed by atoms with van der Waals surface area (Å²) in [6, 6.07) is 9.32. The van der Waals surface area contributed by atoms with E-state index in [9.17, 15) is 22.5 Å². The van der Waals surface area contributed by atoms with Gasteiger partial charge in [-0.15, -0.1) is 11.3 Å². The standard InChI is InChI=1S/C32H38F4N3O4PS/c1-32(2,3)43-31(40)39-16-14-22(21(33)18-39)38-24-10-7-9-20-27(28(34)30(35)36)26(45-29(20)24)11-8-15-37-23-13-12-19(44(5,6)41)17-25(23)42-4/h7,9-10,12-13,17,21-22,28,30,37-38H,14-16,18H2,1-6H3. The zero-order valence-electron chi connectivity index (χ0n) is 26.0. The average molecular weight is 668 g/mol. The van der Waals surface area contributed by atoms with E-state index in [4.69, 9.17) is 9.47 Å². The summed E-state index contributed by atoms with van der Waals surface area (Å²) in [6.45, 7) is 8.73. The Kier molecular flexibility index (Phi) is 10.7. The minimum atomic E-state index is -3.26. The number of benzene rings is 2. The van der Waals surface area contributed by atoms with Crippen molar-refractivity contribution in [2.24, 2.45) is 0 Å². The van der Waals surface area contributed by atoms with Gasteiger partial charge in [0.15, 0.2) is 6.17 Å². The lowest BCUT2D eigenvalue weighted by Gasteiger charge is -2.36. The minimum Gasteiger partial charge on any atom is -0.495 e. The van der Waals surface area contributed by atoms with E-state index < -0.39 is 43.6 Å². The molecule has 3 aromatic rings. The Hall–Kier alpha value is -3.42. The summed E-state index contributed by atoms with van der Waals surface area (Å²) < 4.78 is 81.2. The van der Waals surface area contributed by atoms with E-state index >= 15 is 4.39 Å². The Morgan fingerprint density at radius 1 is 1.18 bits per heavy atom. The van der Waals surface area contributed by atoms with E-state index in [1.807, 2.05) is 0 Å². The average Bonchev–Trinajstić information content (AvgIpc) is 3.33. The van der Waals surface area contributed by atoms with Crippen LogP contribution >= 0.6 is 18.5 Å². The molecule has 0 spiro atoms. The van der Waals surface area contributed by atoms with Crippen molar-refractivity contribution in [1.29, 1.82) is 0 Å². The van der Waals surface area contributed by atoms with Gasteiger partial charge < -0.3 is 29.6 Å². The van der Waals surface area contributed by atoms with Gasteiger partial charge in [-0.05, 0) is 64.8 Å². The van der Waals surface area contributed by atoms with Crippen LogP contribution in [0.3, 0.4) is 0 Å². The van der Waals surface area contributed by atoms with Gasteiger partial charge in [0.05, 0.1) is 47.2 Å². The summed E-state index contributed by atoms with van der Waals surface area (Å²) in [5.74, 6) is 6.20. The van der Waals surface area contributed by atoms with Gasteiger partial charge in [-0.25, -0.2) is 22.4 Å². The lowest BCUT2D eigenvalue weighted by atomic mass is 10.0. The number of anilines is 2.